The van der Waals surface area contributed by atoms with Gasteiger partial charge in [0, 0.05) is 11.0 Å². The number of phenols is 3. The van der Waals surface area contributed by atoms with Gasteiger partial charge in [0.1, 0.15) is 0 Å². The van der Waals surface area contributed by atoms with Crippen LogP contribution in [0.5, 0.6) is 17.2 Å². The van der Waals surface area contributed by atoms with Crippen LogP contribution in [0.15, 0.2) is 12.1 Å². The van der Waals surface area contributed by atoms with Gasteiger partial charge in [-0.05, 0) is 25.8 Å². The van der Waals surface area contributed by atoms with Crippen molar-refractivity contribution >= 4 is 0 Å². The van der Waals surface area contributed by atoms with Crippen LogP contribution in [0.1, 0.15) is 25.3 Å². The average molecular weight is 210 g/mol. The lowest BCUT2D eigenvalue weighted by molar-refractivity contribution is 0.148. The Morgan fingerprint density at radius 2 is 1.73 bits per heavy atom. The third kappa shape index (κ3) is 1.33. The maximum absolute atomic E-state index is 9.68. The van der Waals surface area contributed by atoms with E-state index in [1.165, 1.54) is 6.07 Å². The van der Waals surface area contributed by atoms with E-state index in [2.05, 4.69) is 0 Å². The predicted octanol–water partition coefficient (Wildman–Crippen LogP) is 1.22. The predicted molar refractivity (Wildman–Crippen MR) is 54.0 cm³/mol. The van der Waals surface area contributed by atoms with E-state index in [1.807, 2.05) is 0 Å². The van der Waals surface area contributed by atoms with E-state index in [0.717, 1.165) is 12.8 Å². The maximum Gasteiger partial charge on any atom is 0.200 e. The van der Waals surface area contributed by atoms with Gasteiger partial charge in [0.25, 0.3) is 0 Å². The zero-order chi connectivity index (χ0) is 11.2. The van der Waals surface area contributed by atoms with Crippen LogP contribution in [-0.4, -0.2) is 26.5 Å². The largest absolute Gasteiger partial charge is 0.504 e. The molecular weight excluding hydrogens is 196 g/mol. The molecule has 0 spiro atoms. The zero-order valence-electron chi connectivity index (χ0n) is 8.44. The molecule has 0 amide bonds. The summed E-state index contributed by atoms with van der Waals surface area (Å²) in [6.07, 6.45) is 0.984. The highest BCUT2D eigenvalue weighted by Crippen LogP contribution is 2.56. The highest BCUT2D eigenvalue weighted by Gasteiger charge is 2.50. The lowest BCUT2D eigenvalue weighted by Gasteiger charge is -2.20. The molecule has 0 heterocycles. The second-order valence-corrected chi connectivity index (χ2v) is 4.16. The van der Waals surface area contributed by atoms with Crippen molar-refractivity contribution in [3.05, 3.63) is 17.7 Å². The smallest absolute Gasteiger partial charge is 0.200 e. The van der Waals surface area contributed by atoms with Gasteiger partial charge in [-0.15, -0.1) is 0 Å². The van der Waals surface area contributed by atoms with Crippen LogP contribution in [0.2, 0.25) is 0 Å². The molecule has 2 rings (SSSR count). The number of aliphatic hydroxyl groups is 1. The summed E-state index contributed by atoms with van der Waals surface area (Å²) in [6, 6.07) is 2.87. The second kappa shape index (κ2) is 3.03. The third-order valence-corrected chi connectivity index (χ3v) is 3.25. The molecule has 1 aromatic carbocycles. The first-order valence-corrected chi connectivity index (χ1v) is 4.91. The van der Waals surface area contributed by atoms with Crippen molar-refractivity contribution in [1.82, 2.24) is 0 Å². The molecule has 1 unspecified atom stereocenters. The van der Waals surface area contributed by atoms with Gasteiger partial charge in [-0.3, -0.25) is 0 Å². The number of phenolic OH excluding ortho intramolecular Hbond substituents is 3. The van der Waals surface area contributed by atoms with E-state index < -0.39 is 17.3 Å². The van der Waals surface area contributed by atoms with Gasteiger partial charge >= 0.3 is 0 Å². The van der Waals surface area contributed by atoms with Crippen molar-refractivity contribution in [2.75, 3.05) is 0 Å². The van der Waals surface area contributed by atoms with Gasteiger partial charge < -0.3 is 20.4 Å². The van der Waals surface area contributed by atoms with E-state index >= 15 is 0 Å². The Labute approximate surface area is 87.4 Å². The molecule has 1 atom stereocenters. The third-order valence-electron chi connectivity index (χ3n) is 3.25. The Hall–Kier alpha value is -1.42. The number of benzene rings is 1. The van der Waals surface area contributed by atoms with Gasteiger partial charge in [0.05, 0.1) is 6.10 Å². The minimum Gasteiger partial charge on any atom is -0.504 e. The SMILES string of the molecule is CC(O)C1(c2ccc(O)c(O)c2O)CC1. The molecule has 4 N–H and O–H groups in total. The summed E-state index contributed by atoms with van der Waals surface area (Å²) in [6.45, 7) is 1.66. The Bertz CT molecular complexity index is 394. The lowest BCUT2D eigenvalue weighted by Crippen LogP contribution is -2.22. The number of hydrogen-bond donors (Lipinski definition) is 4. The summed E-state index contributed by atoms with van der Waals surface area (Å²) in [4.78, 5) is 0. The van der Waals surface area contributed by atoms with Gasteiger partial charge in [-0.1, -0.05) is 6.07 Å². The maximum atomic E-state index is 9.68. The normalized spacial score (nSPS) is 19.9. The van der Waals surface area contributed by atoms with Crippen molar-refractivity contribution in [2.45, 2.75) is 31.3 Å². The molecule has 82 valence electrons. The molecule has 4 nitrogen and oxygen atoms in total. The fraction of sp³-hybridized carbons (Fsp3) is 0.455. The van der Waals surface area contributed by atoms with Crippen molar-refractivity contribution in [2.24, 2.45) is 0 Å². The Kier molecular flexibility index (Phi) is 2.04. The molecule has 1 aliphatic carbocycles. The number of aliphatic hydroxyl groups excluding tert-OH is 1. The first-order chi connectivity index (χ1) is 6.99. The molecule has 0 bridgehead atoms. The topological polar surface area (TPSA) is 80.9 Å². The van der Waals surface area contributed by atoms with Crippen molar-refractivity contribution in [3.63, 3.8) is 0 Å². The van der Waals surface area contributed by atoms with Crippen LogP contribution >= 0.6 is 0 Å². The Balaban J connectivity index is 2.51. The zero-order valence-corrected chi connectivity index (χ0v) is 8.44. The summed E-state index contributed by atoms with van der Waals surface area (Å²) in [5.74, 6) is -1.19. The van der Waals surface area contributed by atoms with E-state index in [9.17, 15) is 20.4 Å². The molecule has 0 radical (unpaired) electrons. The highest BCUT2D eigenvalue weighted by atomic mass is 16.3. The van der Waals surface area contributed by atoms with Crippen LogP contribution in [0.3, 0.4) is 0 Å². The summed E-state index contributed by atoms with van der Waals surface area (Å²) < 4.78 is 0. The Morgan fingerprint density at radius 1 is 1.13 bits per heavy atom. The van der Waals surface area contributed by atoms with Crippen LogP contribution in [0.4, 0.5) is 0 Å². The van der Waals surface area contributed by atoms with E-state index in [-0.39, 0.29) is 11.5 Å². The van der Waals surface area contributed by atoms with Crippen LogP contribution in [0, 0.1) is 0 Å². The van der Waals surface area contributed by atoms with Crippen molar-refractivity contribution in [3.8, 4) is 17.2 Å². The first kappa shape index (κ1) is 10.1. The van der Waals surface area contributed by atoms with Crippen molar-refractivity contribution < 1.29 is 20.4 Å². The molecule has 1 fully saturated rings. The Morgan fingerprint density at radius 3 is 2.20 bits per heavy atom. The quantitative estimate of drug-likeness (QED) is 0.553. The molecule has 1 aromatic rings. The molecule has 4 heteroatoms. The first-order valence-electron chi connectivity index (χ1n) is 4.91. The van der Waals surface area contributed by atoms with Gasteiger partial charge in [0.15, 0.2) is 11.5 Å². The van der Waals surface area contributed by atoms with E-state index in [1.54, 1.807) is 13.0 Å². The fourth-order valence-corrected chi connectivity index (χ4v) is 2.02. The van der Waals surface area contributed by atoms with Crippen molar-refractivity contribution in [1.29, 1.82) is 0 Å². The molecule has 0 aromatic heterocycles. The van der Waals surface area contributed by atoms with Crippen LogP contribution < -0.4 is 0 Å². The molecule has 0 aliphatic heterocycles. The lowest BCUT2D eigenvalue weighted by atomic mass is 9.89. The molecule has 15 heavy (non-hydrogen) atoms. The summed E-state index contributed by atoms with van der Waals surface area (Å²) in [7, 11) is 0. The number of hydrogen-bond acceptors (Lipinski definition) is 4. The monoisotopic (exact) mass is 210 g/mol. The fourth-order valence-electron chi connectivity index (χ4n) is 2.02. The van der Waals surface area contributed by atoms with Crippen LogP contribution in [0.25, 0.3) is 0 Å². The minimum atomic E-state index is -0.577. The number of rotatable bonds is 2. The molecule has 0 saturated heterocycles. The average Bonchev–Trinajstić information content (AvgIpc) is 2.95. The van der Waals surface area contributed by atoms with E-state index in [0.29, 0.717) is 5.56 Å². The summed E-state index contributed by atoms with van der Waals surface area (Å²) >= 11 is 0. The van der Waals surface area contributed by atoms with Gasteiger partial charge in [0.2, 0.25) is 5.75 Å². The van der Waals surface area contributed by atoms with E-state index in [4.69, 9.17) is 0 Å². The summed E-state index contributed by atoms with van der Waals surface area (Å²) in [5.41, 5.74) is 0.0581. The summed E-state index contributed by atoms with van der Waals surface area (Å²) in [5, 5.41) is 37.9. The molecule has 1 saturated carbocycles. The minimum absolute atomic E-state index is 0.326. The van der Waals surface area contributed by atoms with Gasteiger partial charge in [-0.25, -0.2) is 0 Å². The van der Waals surface area contributed by atoms with Gasteiger partial charge in [-0.2, -0.15) is 0 Å². The van der Waals surface area contributed by atoms with Crippen LogP contribution in [-0.2, 0) is 5.41 Å². The highest BCUT2D eigenvalue weighted by molar-refractivity contribution is 5.57. The molecular formula is C11H14O4. The molecule has 1 aliphatic rings. The number of aromatic hydroxyl groups is 3. The second-order valence-electron chi connectivity index (χ2n) is 4.16. The standard InChI is InChI=1S/C11H14O4/c1-6(12)11(4-5-11)7-2-3-8(13)10(15)9(7)14/h2-3,6,12-15H,4-5H2,1H3.